The minimum absolute atomic E-state index is 0.0841. The minimum atomic E-state index is -3.38. The topological polar surface area (TPSA) is 43.4 Å². The summed E-state index contributed by atoms with van der Waals surface area (Å²) in [6, 6.07) is 11.9. The second kappa shape index (κ2) is 4.91. The quantitative estimate of drug-likeness (QED) is 0.623. The first-order chi connectivity index (χ1) is 7.94. The highest BCUT2D eigenvalue weighted by Crippen LogP contribution is 2.19. The summed E-state index contributed by atoms with van der Waals surface area (Å²) in [5.74, 6) is 0. The number of rotatable bonds is 3. The van der Waals surface area contributed by atoms with E-state index >= 15 is 0 Å². The van der Waals surface area contributed by atoms with E-state index in [0.29, 0.717) is 0 Å². The van der Waals surface area contributed by atoms with Crippen LogP contribution in [0.2, 0.25) is 0 Å². The van der Waals surface area contributed by atoms with Crippen LogP contribution < -0.4 is 0 Å². The Bertz CT molecular complexity index is 650. The third-order valence-corrected chi connectivity index (χ3v) is 3.52. The normalized spacial score (nSPS) is 11.9. The maximum absolute atomic E-state index is 10.9. The number of hydrogen-bond acceptors (Lipinski definition) is 3. The third kappa shape index (κ3) is 3.65. The molecule has 0 aliphatic heterocycles. The Balaban J connectivity index is 2.29. The Morgan fingerprint density at radius 1 is 1.12 bits per heavy atom. The molecule has 0 N–H and O–H groups in total. The first-order valence-corrected chi connectivity index (χ1v) is 7.86. The first kappa shape index (κ1) is 12.8. The summed E-state index contributed by atoms with van der Waals surface area (Å²) in [5.41, 5.74) is 0.851. The third-order valence-electron chi connectivity index (χ3n) is 2.31. The summed E-state index contributed by atoms with van der Waals surface area (Å²) in [6.45, 7) is 0.0841. The van der Waals surface area contributed by atoms with Crippen molar-refractivity contribution in [2.75, 3.05) is 6.26 Å². The highest BCUT2D eigenvalue weighted by Gasteiger charge is 2.03. The van der Waals surface area contributed by atoms with E-state index in [9.17, 15) is 8.42 Å². The van der Waals surface area contributed by atoms with Crippen molar-refractivity contribution in [3.63, 3.8) is 0 Å². The van der Waals surface area contributed by atoms with Gasteiger partial charge in [0.2, 0.25) is 0 Å². The lowest BCUT2D eigenvalue weighted by atomic mass is 10.1. The average Bonchev–Trinajstić information content (AvgIpc) is 2.25. The molecule has 3 nitrogen and oxygen atoms in total. The largest absolute Gasteiger partial charge is 0.265 e. The van der Waals surface area contributed by atoms with Gasteiger partial charge in [-0.1, -0.05) is 18.2 Å². The molecule has 0 amide bonds. The fraction of sp³-hybridized carbons (Fsp3) is 0.167. The van der Waals surface area contributed by atoms with Crippen molar-refractivity contribution in [3.05, 3.63) is 45.5 Å². The number of benzene rings is 2. The van der Waals surface area contributed by atoms with Gasteiger partial charge in [0.05, 0.1) is 12.9 Å². The lowest BCUT2D eigenvalue weighted by Crippen LogP contribution is -2.02. The summed E-state index contributed by atoms with van der Waals surface area (Å²) in [5, 5.41) is 2.22. The Kier molecular flexibility index (Phi) is 3.70. The molecule has 5 heteroatoms. The number of halogens is 1. The zero-order valence-corrected chi connectivity index (χ0v) is 12.2. The van der Waals surface area contributed by atoms with E-state index in [1.807, 2.05) is 30.3 Å². The van der Waals surface area contributed by atoms with Gasteiger partial charge < -0.3 is 0 Å². The van der Waals surface area contributed by atoms with Gasteiger partial charge in [0, 0.05) is 3.57 Å². The van der Waals surface area contributed by atoms with Gasteiger partial charge in [0.1, 0.15) is 0 Å². The van der Waals surface area contributed by atoms with Crippen LogP contribution >= 0.6 is 22.6 Å². The fourth-order valence-corrected chi connectivity index (χ4v) is 2.40. The summed E-state index contributed by atoms with van der Waals surface area (Å²) < 4.78 is 27.7. The van der Waals surface area contributed by atoms with E-state index in [0.717, 1.165) is 22.6 Å². The maximum Gasteiger partial charge on any atom is 0.264 e. The zero-order valence-electron chi connectivity index (χ0n) is 9.18. The van der Waals surface area contributed by atoms with Crippen LogP contribution in [0.5, 0.6) is 0 Å². The molecule has 0 radical (unpaired) electrons. The van der Waals surface area contributed by atoms with Gasteiger partial charge in [-0.3, -0.25) is 4.18 Å². The Morgan fingerprint density at radius 3 is 2.47 bits per heavy atom. The van der Waals surface area contributed by atoms with Crippen LogP contribution in [0.25, 0.3) is 10.8 Å². The molecule has 0 aromatic heterocycles. The molecule has 0 spiro atoms. The lowest BCUT2D eigenvalue weighted by molar-refractivity contribution is 0.312. The Labute approximate surface area is 114 Å². The molecule has 0 fully saturated rings. The number of hydrogen-bond donors (Lipinski definition) is 0. The summed E-state index contributed by atoms with van der Waals surface area (Å²) in [6.07, 6.45) is 1.05. The first-order valence-electron chi connectivity index (χ1n) is 4.97. The highest BCUT2D eigenvalue weighted by atomic mass is 127. The van der Waals surface area contributed by atoms with Crippen LogP contribution in [0, 0.1) is 3.57 Å². The van der Waals surface area contributed by atoms with E-state index in [2.05, 4.69) is 28.7 Å². The monoisotopic (exact) mass is 362 g/mol. The summed E-state index contributed by atoms with van der Waals surface area (Å²) >= 11 is 2.26. The van der Waals surface area contributed by atoms with Crippen molar-refractivity contribution in [2.24, 2.45) is 0 Å². The molecule has 17 heavy (non-hydrogen) atoms. The van der Waals surface area contributed by atoms with Crippen LogP contribution in [0.4, 0.5) is 0 Å². The maximum atomic E-state index is 10.9. The van der Waals surface area contributed by atoms with Crippen LogP contribution in [0.1, 0.15) is 5.56 Å². The molecule has 0 unspecified atom stereocenters. The van der Waals surface area contributed by atoms with Gasteiger partial charge in [0.15, 0.2) is 0 Å². The Morgan fingerprint density at radius 2 is 1.76 bits per heavy atom. The lowest BCUT2D eigenvalue weighted by Gasteiger charge is -2.04. The molecule has 0 saturated carbocycles. The van der Waals surface area contributed by atoms with Crippen molar-refractivity contribution in [1.82, 2.24) is 0 Å². The van der Waals surface area contributed by atoms with Gasteiger partial charge in [-0.05, 0) is 57.1 Å². The molecule has 2 rings (SSSR count). The molecule has 0 atom stereocenters. The highest BCUT2D eigenvalue weighted by molar-refractivity contribution is 14.1. The molecule has 0 aliphatic carbocycles. The van der Waals surface area contributed by atoms with Crippen LogP contribution in [0.3, 0.4) is 0 Å². The molecule has 0 saturated heterocycles. The van der Waals surface area contributed by atoms with Crippen LogP contribution in [-0.4, -0.2) is 14.7 Å². The van der Waals surface area contributed by atoms with Gasteiger partial charge >= 0.3 is 0 Å². The van der Waals surface area contributed by atoms with Gasteiger partial charge in [-0.25, -0.2) is 0 Å². The zero-order chi connectivity index (χ0) is 12.5. The van der Waals surface area contributed by atoms with Crippen molar-refractivity contribution in [1.29, 1.82) is 0 Å². The SMILES string of the molecule is CS(=O)(=O)OCc1ccc2cc(I)ccc2c1. The molecule has 2 aromatic carbocycles. The number of fused-ring (bicyclic) bond motifs is 1. The van der Waals surface area contributed by atoms with E-state index in [4.69, 9.17) is 4.18 Å². The van der Waals surface area contributed by atoms with Crippen molar-refractivity contribution >= 4 is 43.5 Å². The summed E-state index contributed by atoms with van der Waals surface area (Å²) in [7, 11) is -3.38. The van der Waals surface area contributed by atoms with E-state index in [-0.39, 0.29) is 6.61 Å². The molecule has 2 aromatic rings. The molecule has 0 aliphatic rings. The van der Waals surface area contributed by atoms with Crippen molar-refractivity contribution in [2.45, 2.75) is 6.61 Å². The minimum Gasteiger partial charge on any atom is -0.265 e. The second-order valence-electron chi connectivity index (χ2n) is 3.79. The molecular weight excluding hydrogens is 351 g/mol. The van der Waals surface area contributed by atoms with Crippen molar-refractivity contribution in [3.8, 4) is 0 Å². The molecule has 0 bridgehead atoms. The summed E-state index contributed by atoms with van der Waals surface area (Å²) in [4.78, 5) is 0. The predicted octanol–water partition coefficient (Wildman–Crippen LogP) is 2.92. The Hall–Kier alpha value is -0.660. The molecule has 90 valence electrons. The smallest absolute Gasteiger partial charge is 0.264 e. The van der Waals surface area contributed by atoms with Crippen molar-refractivity contribution < 1.29 is 12.6 Å². The van der Waals surface area contributed by atoms with Gasteiger partial charge in [-0.15, -0.1) is 0 Å². The van der Waals surface area contributed by atoms with E-state index in [1.165, 1.54) is 3.57 Å². The van der Waals surface area contributed by atoms with Gasteiger partial charge in [-0.2, -0.15) is 8.42 Å². The average molecular weight is 362 g/mol. The predicted molar refractivity (Wildman–Crippen MR) is 76.3 cm³/mol. The molecule has 0 heterocycles. The van der Waals surface area contributed by atoms with Crippen LogP contribution in [-0.2, 0) is 20.9 Å². The van der Waals surface area contributed by atoms with E-state index < -0.39 is 10.1 Å². The van der Waals surface area contributed by atoms with E-state index in [1.54, 1.807) is 0 Å². The molecular formula is C12H11IO3S. The van der Waals surface area contributed by atoms with Crippen LogP contribution in [0.15, 0.2) is 36.4 Å². The van der Waals surface area contributed by atoms with Gasteiger partial charge in [0.25, 0.3) is 10.1 Å². The standard InChI is InChI=1S/C12H11IO3S/c1-17(14,15)16-8-9-2-3-11-7-12(13)5-4-10(11)6-9/h2-7H,8H2,1H3. The fourth-order valence-electron chi connectivity index (χ4n) is 1.53. The second-order valence-corrected chi connectivity index (χ2v) is 6.68.